The molecule has 1 fully saturated rings. The van der Waals surface area contributed by atoms with Crippen LogP contribution >= 0.6 is 0 Å². The van der Waals surface area contributed by atoms with Crippen LogP contribution in [-0.4, -0.2) is 41.1 Å². The minimum absolute atomic E-state index is 0.0342. The maximum absolute atomic E-state index is 12.2. The Kier molecular flexibility index (Phi) is 7.54. The van der Waals surface area contributed by atoms with Crippen molar-refractivity contribution in [3.8, 4) is 0 Å². The normalized spacial score (nSPS) is 21.7. The topological polar surface area (TPSA) is 69.6 Å². The number of carboxylic acids is 1. The summed E-state index contributed by atoms with van der Waals surface area (Å²) in [4.78, 5) is 24.9. The van der Waals surface area contributed by atoms with Crippen molar-refractivity contribution in [2.75, 3.05) is 13.1 Å². The van der Waals surface area contributed by atoms with Crippen LogP contribution in [-0.2, 0) is 4.79 Å². The van der Waals surface area contributed by atoms with Gasteiger partial charge in [0.2, 0.25) is 0 Å². The zero-order chi connectivity index (χ0) is 15.8. The molecular weight excluding hydrogens is 268 g/mol. The van der Waals surface area contributed by atoms with Gasteiger partial charge in [-0.15, -0.1) is 0 Å². The molecule has 0 saturated carbocycles. The van der Waals surface area contributed by atoms with Crippen LogP contribution in [0.15, 0.2) is 0 Å². The molecule has 3 atom stereocenters. The first-order valence-corrected chi connectivity index (χ1v) is 8.22. The van der Waals surface area contributed by atoms with Crippen LogP contribution in [0.25, 0.3) is 0 Å². The molecule has 21 heavy (non-hydrogen) atoms. The molecule has 0 aromatic rings. The van der Waals surface area contributed by atoms with Crippen molar-refractivity contribution in [1.82, 2.24) is 10.2 Å². The molecule has 1 rings (SSSR count). The van der Waals surface area contributed by atoms with Crippen molar-refractivity contribution in [2.24, 2.45) is 11.8 Å². The van der Waals surface area contributed by atoms with Crippen LogP contribution in [0.5, 0.6) is 0 Å². The van der Waals surface area contributed by atoms with E-state index in [1.54, 1.807) is 6.92 Å². The molecule has 0 aliphatic carbocycles. The summed E-state index contributed by atoms with van der Waals surface area (Å²) in [6.45, 7) is 7.61. The second-order valence-electron chi connectivity index (χ2n) is 6.38. The van der Waals surface area contributed by atoms with Gasteiger partial charge < -0.3 is 15.3 Å². The molecule has 0 bridgehead atoms. The number of carbonyl (C=O) groups excluding carboxylic acids is 1. The molecule has 0 aromatic carbocycles. The summed E-state index contributed by atoms with van der Waals surface area (Å²) in [5.41, 5.74) is 0. The summed E-state index contributed by atoms with van der Waals surface area (Å²) in [5, 5.41) is 11.9. The van der Waals surface area contributed by atoms with Crippen LogP contribution in [0.3, 0.4) is 0 Å². The van der Waals surface area contributed by atoms with Gasteiger partial charge in [-0.2, -0.15) is 0 Å². The van der Waals surface area contributed by atoms with Gasteiger partial charge in [-0.05, 0) is 38.5 Å². The smallest absolute Gasteiger partial charge is 0.317 e. The van der Waals surface area contributed by atoms with E-state index in [1.165, 1.54) is 6.42 Å². The number of nitrogens with zero attached hydrogens (tertiary/aromatic N) is 1. The molecule has 1 heterocycles. The summed E-state index contributed by atoms with van der Waals surface area (Å²) in [5.74, 6) is -0.415. The van der Waals surface area contributed by atoms with Crippen molar-refractivity contribution in [2.45, 2.75) is 65.3 Å². The third-order valence-electron chi connectivity index (χ3n) is 4.45. The lowest BCUT2D eigenvalue weighted by Gasteiger charge is -2.33. The molecule has 1 aliphatic heterocycles. The predicted molar refractivity (Wildman–Crippen MR) is 83.2 cm³/mol. The highest BCUT2D eigenvalue weighted by molar-refractivity contribution is 5.74. The number of rotatable bonds is 7. The van der Waals surface area contributed by atoms with Gasteiger partial charge in [-0.25, -0.2) is 4.79 Å². The van der Waals surface area contributed by atoms with E-state index in [1.807, 2.05) is 11.8 Å². The number of piperidine rings is 1. The minimum Gasteiger partial charge on any atom is -0.481 e. The van der Waals surface area contributed by atoms with Crippen LogP contribution < -0.4 is 5.32 Å². The lowest BCUT2D eigenvalue weighted by molar-refractivity contribution is -0.141. The van der Waals surface area contributed by atoms with Crippen LogP contribution in [0, 0.1) is 11.8 Å². The summed E-state index contributed by atoms with van der Waals surface area (Å²) in [7, 11) is 0. The van der Waals surface area contributed by atoms with E-state index in [-0.39, 0.29) is 18.0 Å². The quantitative estimate of drug-likeness (QED) is 0.759. The standard InChI is InChI=1S/C16H30N2O3/c1-4-14-9-6-10-18(11-14)16(21)17-13(3)8-5-7-12(2)15(19)20/h12-14H,4-11H2,1-3H3,(H,17,21)(H,19,20). The van der Waals surface area contributed by atoms with Gasteiger partial charge in [-0.1, -0.05) is 26.7 Å². The number of aliphatic carboxylic acids is 1. The number of carboxylic acid groups (broad SMARTS) is 1. The van der Waals surface area contributed by atoms with E-state index in [9.17, 15) is 9.59 Å². The Hall–Kier alpha value is -1.26. The van der Waals surface area contributed by atoms with E-state index < -0.39 is 5.97 Å². The molecule has 0 aromatic heterocycles. The highest BCUT2D eigenvalue weighted by Gasteiger charge is 2.23. The number of urea groups is 1. The summed E-state index contributed by atoms with van der Waals surface area (Å²) in [6, 6.07) is 0.132. The molecule has 5 heteroatoms. The van der Waals surface area contributed by atoms with Gasteiger partial charge in [0, 0.05) is 19.1 Å². The largest absolute Gasteiger partial charge is 0.481 e. The Bertz CT molecular complexity index is 346. The first-order chi connectivity index (χ1) is 9.93. The molecule has 1 saturated heterocycles. The SMILES string of the molecule is CCC1CCCN(C(=O)NC(C)CCCC(C)C(=O)O)C1. The van der Waals surface area contributed by atoms with Crippen molar-refractivity contribution >= 4 is 12.0 Å². The first-order valence-electron chi connectivity index (χ1n) is 8.22. The molecule has 3 unspecified atom stereocenters. The number of hydrogen-bond donors (Lipinski definition) is 2. The Morgan fingerprint density at radius 3 is 2.67 bits per heavy atom. The number of nitrogens with one attached hydrogen (secondary N) is 1. The third-order valence-corrected chi connectivity index (χ3v) is 4.45. The molecule has 0 radical (unpaired) electrons. The lowest BCUT2D eigenvalue weighted by atomic mass is 9.96. The number of hydrogen-bond acceptors (Lipinski definition) is 2. The Morgan fingerprint density at radius 2 is 2.05 bits per heavy atom. The number of amides is 2. The minimum atomic E-state index is -0.745. The van der Waals surface area contributed by atoms with E-state index in [2.05, 4.69) is 12.2 Å². The van der Waals surface area contributed by atoms with Crippen LogP contribution in [0.2, 0.25) is 0 Å². The highest BCUT2D eigenvalue weighted by Crippen LogP contribution is 2.19. The van der Waals surface area contributed by atoms with Crippen LogP contribution in [0.4, 0.5) is 4.79 Å². The molecule has 5 nitrogen and oxygen atoms in total. The van der Waals surface area contributed by atoms with Gasteiger partial charge >= 0.3 is 12.0 Å². The molecule has 1 aliphatic rings. The van der Waals surface area contributed by atoms with E-state index in [0.717, 1.165) is 38.8 Å². The first kappa shape index (κ1) is 17.8. The Morgan fingerprint density at radius 1 is 1.33 bits per heavy atom. The molecule has 0 spiro atoms. The summed E-state index contributed by atoms with van der Waals surface area (Å²) < 4.78 is 0. The fourth-order valence-electron chi connectivity index (χ4n) is 2.81. The zero-order valence-corrected chi connectivity index (χ0v) is 13.6. The van der Waals surface area contributed by atoms with Gasteiger partial charge in [0.15, 0.2) is 0 Å². The van der Waals surface area contributed by atoms with Gasteiger partial charge in [0.05, 0.1) is 5.92 Å². The monoisotopic (exact) mass is 298 g/mol. The average Bonchev–Trinajstić information content (AvgIpc) is 2.46. The van der Waals surface area contributed by atoms with E-state index in [4.69, 9.17) is 5.11 Å². The molecular formula is C16H30N2O3. The van der Waals surface area contributed by atoms with Gasteiger partial charge in [0.25, 0.3) is 0 Å². The summed E-state index contributed by atoms with van der Waals surface area (Å²) >= 11 is 0. The number of carbonyl (C=O) groups is 2. The van der Waals surface area contributed by atoms with E-state index >= 15 is 0 Å². The average molecular weight is 298 g/mol. The van der Waals surface area contributed by atoms with Gasteiger partial charge in [0.1, 0.15) is 0 Å². The second kappa shape index (κ2) is 8.90. The van der Waals surface area contributed by atoms with Crippen molar-refractivity contribution in [3.63, 3.8) is 0 Å². The Labute approximate surface area is 128 Å². The maximum Gasteiger partial charge on any atom is 0.317 e. The Balaban J connectivity index is 2.25. The molecule has 2 N–H and O–H groups in total. The van der Waals surface area contributed by atoms with Crippen molar-refractivity contribution in [3.05, 3.63) is 0 Å². The molecule has 122 valence electrons. The van der Waals surface area contributed by atoms with Crippen LogP contribution in [0.1, 0.15) is 59.3 Å². The maximum atomic E-state index is 12.2. The fraction of sp³-hybridized carbons (Fsp3) is 0.875. The third kappa shape index (κ3) is 6.36. The second-order valence-corrected chi connectivity index (χ2v) is 6.38. The lowest BCUT2D eigenvalue weighted by Crippen LogP contribution is -2.48. The summed E-state index contributed by atoms with van der Waals surface area (Å²) in [6.07, 6.45) is 5.77. The highest BCUT2D eigenvalue weighted by atomic mass is 16.4. The predicted octanol–water partition coefficient (Wildman–Crippen LogP) is 3.10. The molecule has 2 amide bonds. The van der Waals surface area contributed by atoms with Crippen molar-refractivity contribution < 1.29 is 14.7 Å². The zero-order valence-electron chi connectivity index (χ0n) is 13.6. The van der Waals surface area contributed by atoms with Crippen molar-refractivity contribution in [1.29, 1.82) is 0 Å². The number of likely N-dealkylation sites (tertiary alicyclic amines) is 1. The van der Waals surface area contributed by atoms with E-state index in [0.29, 0.717) is 12.3 Å². The van der Waals surface area contributed by atoms with Gasteiger partial charge in [-0.3, -0.25) is 4.79 Å². The fourth-order valence-corrected chi connectivity index (χ4v) is 2.81.